The van der Waals surface area contributed by atoms with Gasteiger partial charge in [-0.15, -0.1) is 0 Å². The molecule has 1 N–H and O–H groups in total. The van der Waals surface area contributed by atoms with Crippen LogP contribution in [0.4, 0.5) is 5.69 Å². The van der Waals surface area contributed by atoms with Crippen molar-refractivity contribution in [3.63, 3.8) is 0 Å². The van der Waals surface area contributed by atoms with Crippen molar-refractivity contribution in [1.82, 2.24) is 10.2 Å². The van der Waals surface area contributed by atoms with E-state index in [2.05, 4.69) is 5.32 Å². The summed E-state index contributed by atoms with van der Waals surface area (Å²) < 4.78 is 26.7. The lowest BCUT2D eigenvalue weighted by atomic mass is 10.0. The minimum absolute atomic E-state index is 0.0159. The maximum Gasteiger partial charge on any atom is 0.244 e. The van der Waals surface area contributed by atoms with E-state index in [0.29, 0.717) is 22.2 Å². The minimum Gasteiger partial charge on any atom is -0.354 e. The molecule has 0 radical (unpaired) electrons. The molecule has 0 fully saturated rings. The van der Waals surface area contributed by atoms with Gasteiger partial charge in [0.15, 0.2) is 0 Å². The number of hydrogen-bond acceptors (Lipinski definition) is 4. The van der Waals surface area contributed by atoms with Crippen LogP contribution >= 0.6 is 46.4 Å². The summed E-state index contributed by atoms with van der Waals surface area (Å²) in [6.07, 6.45) is 2.79. The van der Waals surface area contributed by atoms with Crippen molar-refractivity contribution in [3.05, 3.63) is 97.9 Å². The smallest absolute Gasteiger partial charge is 0.244 e. The maximum atomic E-state index is 14.1. The SMILES string of the molecule is CCCCNC(=O)C(Cc1ccccc1)N(Cc1ccc(Cl)cc1Cl)C(=O)CN(c1cccc(Cl)c1Cl)S(C)(=O)=O. The van der Waals surface area contributed by atoms with Crippen molar-refractivity contribution in [3.8, 4) is 0 Å². The Labute approximate surface area is 261 Å². The predicted octanol–water partition coefficient (Wildman–Crippen LogP) is 6.62. The van der Waals surface area contributed by atoms with E-state index < -0.39 is 28.5 Å². The van der Waals surface area contributed by atoms with Crippen molar-refractivity contribution in [2.75, 3.05) is 23.7 Å². The molecule has 41 heavy (non-hydrogen) atoms. The Morgan fingerprint density at radius 1 is 0.927 bits per heavy atom. The van der Waals surface area contributed by atoms with Crippen LogP contribution in [0.25, 0.3) is 0 Å². The molecule has 3 aromatic rings. The van der Waals surface area contributed by atoms with Crippen molar-refractivity contribution < 1.29 is 18.0 Å². The summed E-state index contributed by atoms with van der Waals surface area (Å²) in [5, 5.41) is 3.75. The first-order valence-electron chi connectivity index (χ1n) is 12.9. The Morgan fingerprint density at radius 2 is 1.63 bits per heavy atom. The summed E-state index contributed by atoms with van der Waals surface area (Å²) in [6, 6.07) is 17.6. The monoisotopic (exact) mass is 657 g/mol. The lowest BCUT2D eigenvalue weighted by molar-refractivity contribution is -0.140. The number of nitrogens with zero attached hydrogens (tertiary/aromatic N) is 2. The van der Waals surface area contributed by atoms with Crippen LogP contribution < -0.4 is 9.62 Å². The molecule has 0 aliphatic rings. The van der Waals surface area contributed by atoms with E-state index >= 15 is 0 Å². The van der Waals surface area contributed by atoms with Crippen molar-refractivity contribution in [1.29, 1.82) is 0 Å². The van der Waals surface area contributed by atoms with Gasteiger partial charge >= 0.3 is 0 Å². The number of amides is 2. The maximum absolute atomic E-state index is 14.1. The van der Waals surface area contributed by atoms with Gasteiger partial charge in [-0.05, 0) is 41.8 Å². The summed E-state index contributed by atoms with van der Waals surface area (Å²) >= 11 is 25.1. The molecule has 0 saturated carbocycles. The highest BCUT2D eigenvalue weighted by Gasteiger charge is 2.34. The number of sulfonamides is 1. The van der Waals surface area contributed by atoms with E-state index in [1.54, 1.807) is 18.2 Å². The van der Waals surface area contributed by atoms with Gasteiger partial charge in [0, 0.05) is 29.6 Å². The molecule has 0 saturated heterocycles. The highest BCUT2D eigenvalue weighted by molar-refractivity contribution is 7.92. The van der Waals surface area contributed by atoms with Crippen LogP contribution in [0.3, 0.4) is 0 Å². The standard InChI is InChI=1S/C29H31Cl4N3O4S/c1-3-4-15-34-29(38)26(16-20-9-6-5-7-10-20)35(18-21-13-14-22(30)17-24(21)32)27(37)19-36(41(2,39)40)25-12-8-11-23(31)28(25)33/h5-14,17,26H,3-4,15-16,18-19H2,1-2H3,(H,34,38). The van der Waals surface area contributed by atoms with Gasteiger partial charge in [-0.25, -0.2) is 8.42 Å². The Morgan fingerprint density at radius 3 is 2.27 bits per heavy atom. The third-order valence-corrected chi connectivity index (χ3v) is 8.86. The highest BCUT2D eigenvalue weighted by atomic mass is 35.5. The largest absolute Gasteiger partial charge is 0.354 e. The molecule has 3 rings (SSSR count). The molecule has 0 aromatic heterocycles. The summed E-state index contributed by atoms with van der Waals surface area (Å²) in [5.41, 5.74) is 1.41. The number of halogens is 4. The fourth-order valence-corrected chi connectivity index (χ4v) is 5.94. The van der Waals surface area contributed by atoms with E-state index in [0.717, 1.165) is 29.0 Å². The van der Waals surface area contributed by atoms with Crippen LogP contribution in [-0.4, -0.2) is 50.5 Å². The van der Waals surface area contributed by atoms with E-state index in [4.69, 9.17) is 46.4 Å². The second-order valence-electron chi connectivity index (χ2n) is 9.45. The van der Waals surface area contributed by atoms with Gasteiger partial charge in [0.05, 0.1) is 22.0 Å². The van der Waals surface area contributed by atoms with Crippen molar-refractivity contribution in [2.24, 2.45) is 0 Å². The Balaban J connectivity index is 2.09. The summed E-state index contributed by atoms with van der Waals surface area (Å²) in [7, 11) is -4.00. The fourth-order valence-electron chi connectivity index (χ4n) is 4.17. The van der Waals surface area contributed by atoms with Crippen LogP contribution in [0.5, 0.6) is 0 Å². The molecule has 3 aromatic carbocycles. The normalized spacial score (nSPS) is 12.0. The second kappa shape index (κ2) is 15.1. The van der Waals surface area contributed by atoms with Crippen LogP contribution in [0.2, 0.25) is 20.1 Å². The van der Waals surface area contributed by atoms with Gasteiger partial charge in [-0.1, -0.05) is 102 Å². The lowest BCUT2D eigenvalue weighted by Crippen LogP contribution is -2.53. The molecule has 0 aliphatic heterocycles. The first-order valence-corrected chi connectivity index (χ1v) is 16.2. The molecule has 0 bridgehead atoms. The van der Waals surface area contributed by atoms with Gasteiger partial charge in [-0.3, -0.25) is 13.9 Å². The second-order valence-corrected chi connectivity index (χ2v) is 13.0. The zero-order valence-electron chi connectivity index (χ0n) is 22.6. The van der Waals surface area contributed by atoms with E-state index in [1.807, 2.05) is 37.3 Å². The summed E-state index contributed by atoms with van der Waals surface area (Å²) in [5.74, 6) is -1.00. The van der Waals surface area contributed by atoms with Crippen LogP contribution in [0, 0.1) is 0 Å². The number of hydrogen-bond donors (Lipinski definition) is 1. The molecular formula is C29H31Cl4N3O4S. The van der Waals surface area contributed by atoms with Gasteiger partial charge in [0.25, 0.3) is 0 Å². The predicted molar refractivity (Wildman–Crippen MR) is 168 cm³/mol. The molecule has 1 unspecified atom stereocenters. The molecule has 0 heterocycles. The van der Waals surface area contributed by atoms with Gasteiger partial charge in [0.1, 0.15) is 12.6 Å². The van der Waals surface area contributed by atoms with Gasteiger partial charge in [-0.2, -0.15) is 0 Å². The van der Waals surface area contributed by atoms with E-state index in [-0.39, 0.29) is 34.6 Å². The van der Waals surface area contributed by atoms with Crippen LogP contribution in [-0.2, 0) is 32.6 Å². The molecule has 0 aliphatic carbocycles. The van der Waals surface area contributed by atoms with Gasteiger partial charge in [0.2, 0.25) is 21.8 Å². The number of nitrogens with one attached hydrogen (secondary N) is 1. The molecule has 2 amide bonds. The van der Waals surface area contributed by atoms with Crippen LogP contribution in [0.15, 0.2) is 66.7 Å². The average molecular weight is 659 g/mol. The minimum atomic E-state index is -4.00. The first kappa shape index (κ1) is 33.0. The van der Waals surface area contributed by atoms with Crippen LogP contribution in [0.1, 0.15) is 30.9 Å². The van der Waals surface area contributed by atoms with E-state index in [9.17, 15) is 18.0 Å². The number of carbonyl (C=O) groups excluding carboxylic acids is 2. The fraction of sp³-hybridized carbons (Fsp3) is 0.310. The number of carbonyl (C=O) groups is 2. The topological polar surface area (TPSA) is 86.8 Å². The zero-order valence-corrected chi connectivity index (χ0v) is 26.5. The number of benzene rings is 3. The highest BCUT2D eigenvalue weighted by Crippen LogP contribution is 2.34. The third kappa shape index (κ3) is 9.25. The number of anilines is 1. The molecule has 7 nitrogen and oxygen atoms in total. The summed E-state index contributed by atoms with van der Waals surface area (Å²) in [6.45, 7) is 1.73. The molecule has 0 spiro atoms. The number of rotatable bonds is 13. The zero-order chi connectivity index (χ0) is 30.2. The average Bonchev–Trinajstić information content (AvgIpc) is 2.92. The Kier molecular flexibility index (Phi) is 12.2. The van der Waals surface area contributed by atoms with E-state index in [1.165, 1.54) is 23.1 Å². The molecule has 1 atom stereocenters. The molecular weight excluding hydrogens is 628 g/mol. The Bertz CT molecular complexity index is 1470. The van der Waals surface area contributed by atoms with Crippen molar-refractivity contribution >= 4 is 73.9 Å². The molecule has 12 heteroatoms. The quantitative estimate of drug-likeness (QED) is 0.209. The molecule has 220 valence electrons. The number of unbranched alkanes of at least 4 members (excludes halogenated alkanes) is 1. The third-order valence-electron chi connectivity index (χ3n) is 6.34. The van der Waals surface area contributed by atoms with Crippen molar-refractivity contribution in [2.45, 2.75) is 38.8 Å². The first-order chi connectivity index (χ1) is 19.4. The summed E-state index contributed by atoms with van der Waals surface area (Å²) in [4.78, 5) is 29.1. The Hall–Kier alpha value is -2.49. The van der Waals surface area contributed by atoms with Gasteiger partial charge < -0.3 is 10.2 Å². The lowest BCUT2D eigenvalue weighted by Gasteiger charge is -2.34.